The molecule has 3 aromatic rings. The lowest BCUT2D eigenvalue weighted by molar-refractivity contribution is -0.192. The second kappa shape index (κ2) is 8.66. The van der Waals surface area contributed by atoms with E-state index in [9.17, 15) is 18.0 Å². The zero-order valence-electron chi connectivity index (χ0n) is 14.0. The van der Waals surface area contributed by atoms with Crippen LogP contribution in [0, 0.1) is 0 Å². The largest absolute Gasteiger partial charge is 0.490 e. The molecule has 3 rings (SSSR count). The summed E-state index contributed by atoms with van der Waals surface area (Å²) in [6, 6.07) is 13.7. The molecule has 1 aromatic heterocycles. The normalized spacial score (nSPS) is 10.9. The van der Waals surface area contributed by atoms with E-state index in [0.29, 0.717) is 34.0 Å². The van der Waals surface area contributed by atoms with E-state index >= 15 is 0 Å². The third-order valence-electron chi connectivity index (χ3n) is 3.25. The zero-order chi connectivity index (χ0) is 20.9. The minimum absolute atomic E-state index is 0.302. The standard InChI is InChI=1S/C16H12ClNO3.C2HF3O2/c17-11-4-5-14-13(7-11)15(8-16(19)21-14)20-9-10-2-1-3-12(18)6-10;3-2(4,5)1(6)7/h1-8H,9,18H2;(H,6,7). The summed E-state index contributed by atoms with van der Waals surface area (Å²) in [6.45, 7) is 0.302. The van der Waals surface area contributed by atoms with Crippen LogP contribution in [-0.4, -0.2) is 17.3 Å². The summed E-state index contributed by atoms with van der Waals surface area (Å²) >= 11 is 5.98. The van der Waals surface area contributed by atoms with Crippen LogP contribution >= 0.6 is 11.6 Å². The van der Waals surface area contributed by atoms with Crippen molar-refractivity contribution < 1.29 is 32.2 Å². The fourth-order valence-electron chi connectivity index (χ4n) is 2.07. The lowest BCUT2D eigenvalue weighted by atomic mass is 10.2. The average molecular weight is 416 g/mol. The second-order valence-electron chi connectivity index (χ2n) is 5.41. The van der Waals surface area contributed by atoms with E-state index in [2.05, 4.69) is 0 Å². The summed E-state index contributed by atoms with van der Waals surface area (Å²) in [5.74, 6) is -2.32. The number of halogens is 4. The van der Waals surface area contributed by atoms with Gasteiger partial charge in [-0.1, -0.05) is 23.7 Å². The van der Waals surface area contributed by atoms with Gasteiger partial charge in [0.05, 0.1) is 11.5 Å². The molecule has 0 saturated carbocycles. The maximum Gasteiger partial charge on any atom is 0.490 e. The third-order valence-corrected chi connectivity index (χ3v) is 3.49. The van der Waals surface area contributed by atoms with Crippen LogP contribution in [0.25, 0.3) is 11.0 Å². The van der Waals surface area contributed by atoms with Crippen LogP contribution in [0.15, 0.2) is 57.7 Å². The fraction of sp³-hybridized carbons (Fsp3) is 0.111. The van der Waals surface area contributed by atoms with E-state index in [0.717, 1.165) is 5.56 Å². The molecule has 10 heteroatoms. The van der Waals surface area contributed by atoms with Crippen molar-refractivity contribution in [2.45, 2.75) is 12.8 Å². The van der Waals surface area contributed by atoms with Crippen molar-refractivity contribution in [3.05, 3.63) is 69.5 Å². The van der Waals surface area contributed by atoms with Crippen LogP contribution < -0.4 is 16.1 Å². The number of carboxylic acid groups (broad SMARTS) is 1. The van der Waals surface area contributed by atoms with E-state index in [1.165, 1.54) is 6.07 Å². The molecule has 1 heterocycles. The number of alkyl halides is 3. The van der Waals surface area contributed by atoms with Gasteiger partial charge in [-0.05, 0) is 35.9 Å². The molecular formula is C18H13ClF3NO5. The number of fused-ring (bicyclic) bond motifs is 1. The van der Waals surface area contributed by atoms with Gasteiger partial charge in [0.15, 0.2) is 0 Å². The molecule has 0 saturated heterocycles. The summed E-state index contributed by atoms with van der Waals surface area (Å²) in [5, 5.41) is 8.33. The van der Waals surface area contributed by atoms with Crippen LogP contribution in [0.5, 0.6) is 5.75 Å². The van der Waals surface area contributed by atoms with Gasteiger partial charge in [0.25, 0.3) is 0 Å². The molecule has 3 N–H and O–H groups in total. The number of nitrogen functional groups attached to an aromatic ring is 1. The first-order valence-electron chi connectivity index (χ1n) is 7.57. The number of aliphatic carboxylic acids is 1. The Morgan fingerprint density at radius 2 is 1.86 bits per heavy atom. The van der Waals surface area contributed by atoms with Gasteiger partial charge in [0.2, 0.25) is 0 Å². The molecule has 0 unspecified atom stereocenters. The maximum atomic E-state index is 11.6. The van der Waals surface area contributed by atoms with Crippen LogP contribution in [0.3, 0.4) is 0 Å². The molecule has 0 fully saturated rings. The molecule has 0 bridgehead atoms. The highest BCUT2D eigenvalue weighted by atomic mass is 35.5. The van der Waals surface area contributed by atoms with Crippen LogP contribution in [0.1, 0.15) is 5.56 Å². The van der Waals surface area contributed by atoms with Crippen LogP contribution in [0.2, 0.25) is 5.02 Å². The zero-order valence-corrected chi connectivity index (χ0v) is 14.8. The van der Waals surface area contributed by atoms with Gasteiger partial charge in [-0.2, -0.15) is 13.2 Å². The first kappa shape index (κ1) is 21.1. The van der Waals surface area contributed by atoms with Gasteiger partial charge < -0.3 is 20.0 Å². The maximum absolute atomic E-state index is 11.6. The summed E-state index contributed by atoms with van der Waals surface area (Å²) in [4.78, 5) is 20.5. The lowest BCUT2D eigenvalue weighted by Gasteiger charge is -2.09. The van der Waals surface area contributed by atoms with Crippen LogP contribution in [-0.2, 0) is 11.4 Å². The number of benzene rings is 2. The van der Waals surface area contributed by atoms with E-state index in [4.69, 9.17) is 36.4 Å². The Morgan fingerprint density at radius 1 is 1.18 bits per heavy atom. The monoisotopic (exact) mass is 415 g/mol. The molecule has 0 aliphatic rings. The van der Waals surface area contributed by atoms with Gasteiger partial charge in [-0.25, -0.2) is 9.59 Å². The smallest absolute Gasteiger partial charge is 0.488 e. The molecule has 0 atom stereocenters. The summed E-state index contributed by atoms with van der Waals surface area (Å²) < 4.78 is 42.6. The molecule has 6 nitrogen and oxygen atoms in total. The predicted molar refractivity (Wildman–Crippen MR) is 96.4 cm³/mol. The molecular weight excluding hydrogens is 403 g/mol. The Kier molecular flexibility index (Phi) is 6.53. The van der Waals surface area contributed by atoms with E-state index in [-0.39, 0.29) is 0 Å². The van der Waals surface area contributed by atoms with E-state index < -0.39 is 17.8 Å². The van der Waals surface area contributed by atoms with Crippen molar-refractivity contribution in [1.29, 1.82) is 0 Å². The van der Waals surface area contributed by atoms with Crippen molar-refractivity contribution in [2.24, 2.45) is 0 Å². The van der Waals surface area contributed by atoms with Crippen molar-refractivity contribution >= 4 is 34.2 Å². The highest BCUT2D eigenvalue weighted by Gasteiger charge is 2.38. The second-order valence-corrected chi connectivity index (χ2v) is 5.84. The number of hydrogen-bond donors (Lipinski definition) is 2. The fourth-order valence-corrected chi connectivity index (χ4v) is 2.24. The lowest BCUT2D eigenvalue weighted by Crippen LogP contribution is -2.21. The highest BCUT2D eigenvalue weighted by Crippen LogP contribution is 2.27. The quantitative estimate of drug-likeness (QED) is 0.490. The third kappa shape index (κ3) is 5.92. The van der Waals surface area contributed by atoms with Gasteiger partial charge in [-0.15, -0.1) is 0 Å². The van der Waals surface area contributed by atoms with Crippen molar-refractivity contribution in [3.8, 4) is 5.75 Å². The van der Waals surface area contributed by atoms with Gasteiger partial charge in [-0.3, -0.25) is 0 Å². The molecule has 0 aliphatic heterocycles. The highest BCUT2D eigenvalue weighted by molar-refractivity contribution is 6.31. The number of rotatable bonds is 3. The number of nitrogens with two attached hydrogens (primary N) is 1. The van der Waals surface area contributed by atoms with Crippen molar-refractivity contribution in [2.75, 3.05) is 5.73 Å². The van der Waals surface area contributed by atoms with Gasteiger partial charge in [0.1, 0.15) is 17.9 Å². The Morgan fingerprint density at radius 3 is 2.46 bits per heavy atom. The molecule has 148 valence electrons. The Bertz CT molecular complexity index is 1050. The molecule has 0 aliphatic carbocycles. The Hall–Kier alpha value is -3.20. The molecule has 0 radical (unpaired) electrons. The Balaban J connectivity index is 0.000000345. The van der Waals surface area contributed by atoms with Crippen LogP contribution in [0.4, 0.5) is 18.9 Å². The first-order chi connectivity index (χ1) is 13.1. The minimum Gasteiger partial charge on any atom is -0.488 e. The van der Waals surface area contributed by atoms with Gasteiger partial charge >= 0.3 is 17.8 Å². The molecule has 28 heavy (non-hydrogen) atoms. The molecule has 2 aromatic carbocycles. The molecule has 0 amide bonds. The first-order valence-corrected chi connectivity index (χ1v) is 7.95. The van der Waals surface area contributed by atoms with E-state index in [1.54, 1.807) is 24.3 Å². The van der Waals surface area contributed by atoms with Crippen molar-refractivity contribution in [1.82, 2.24) is 0 Å². The minimum atomic E-state index is -5.08. The predicted octanol–water partition coefficient (Wildman–Crippen LogP) is 4.24. The number of hydrogen-bond acceptors (Lipinski definition) is 5. The summed E-state index contributed by atoms with van der Waals surface area (Å²) in [7, 11) is 0. The number of carboxylic acids is 1. The topological polar surface area (TPSA) is 103 Å². The SMILES string of the molecule is Nc1cccc(COc2cc(=O)oc3ccc(Cl)cc23)c1.O=C(O)C(F)(F)F. The Labute approximate surface area is 160 Å². The summed E-state index contributed by atoms with van der Waals surface area (Å²) in [6.07, 6.45) is -5.08. The summed E-state index contributed by atoms with van der Waals surface area (Å²) in [5.41, 5.74) is 7.28. The average Bonchev–Trinajstić information content (AvgIpc) is 2.60. The molecule has 0 spiro atoms. The van der Waals surface area contributed by atoms with E-state index in [1.807, 2.05) is 18.2 Å². The number of carbonyl (C=O) groups is 1. The van der Waals surface area contributed by atoms with Gasteiger partial charge in [0, 0.05) is 10.7 Å². The number of anilines is 1. The number of ether oxygens (including phenoxy) is 1. The van der Waals surface area contributed by atoms with Crippen molar-refractivity contribution in [3.63, 3.8) is 0 Å².